The van der Waals surface area contributed by atoms with Gasteiger partial charge in [-0.1, -0.05) is 42.5 Å². The van der Waals surface area contributed by atoms with Crippen molar-refractivity contribution in [2.24, 2.45) is 0 Å². The summed E-state index contributed by atoms with van der Waals surface area (Å²) >= 11 is 0. The van der Waals surface area contributed by atoms with Crippen LogP contribution in [0.3, 0.4) is 0 Å². The second-order valence-electron chi connectivity index (χ2n) is 3.98. The van der Waals surface area contributed by atoms with E-state index in [9.17, 15) is 0 Å². The van der Waals surface area contributed by atoms with Crippen LogP contribution in [0.1, 0.15) is 24.3 Å². The van der Waals surface area contributed by atoms with Crippen LogP contribution in [-0.4, -0.2) is 17.7 Å². The summed E-state index contributed by atoms with van der Waals surface area (Å²) in [4.78, 5) is 0. The molecule has 0 aliphatic heterocycles. The monoisotopic (exact) mass is 214 g/mol. The molecule has 2 N–H and O–H groups in total. The van der Waals surface area contributed by atoms with Gasteiger partial charge in [-0.2, -0.15) is 0 Å². The summed E-state index contributed by atoms with van der Waals surface area (Å²) in [5, 5.41) is 17.1. The normalized spacial score (nSPS) is 14.1. The van der Waals surface area contributed by atoms with Crippen molar-refractivity contribution in [2.45, 2.75) is 18.8 Å². The Morgan fingerprint density at radius 3 is 2.25 bits per heavy atom. The van der Waals surface area contributed by atoms with E-state index in [4.69, 9.17) is 10.0 Å². The SMILES string of the molecule is OBO.c1ccc2c(C3CC3)cccc2c1. The van der Waals surface area contributed by atoms with Gasteiger partial charge in [-0.05, 0) is 35.1 Å². The number of hydrogen-bond donors (Lipinski definition) is 2. The van der Waals surface area contributed by atoms with Gasteiger partial charge in [-0.25, -0.2) is 0 Å². The van der Waals surface area contributed by atoms with Crippen molar-refractivity contribution in [1.82, 2.24) is 0 Å². The quantitative estimate of drug-likeness (QED) is 0.712. The lowest BCUT2D eigenvalue weighted by Gasteiger charge is -2.03. The predicted octanol–water partition coefficient (Wildman–Crippen LogP) is 1.95. The summed E-state index contributed by atoms with van der Waals surface area (Å²) in [7, 11) is -0.750. The van der Waals surface area contributed by atoms with Crippen LogP contribution < -0.4 is 0 Å². The number of hydrogen-bond acceptors (Lipinski definition) is 2. The van der Waals surface area contributed by atoms with Gasteiger partial charge >= 0.3 is 7.69 Å². The van der Waals surface area contributed by atoms with Crippen LogP contribution >= 0.6 is 0 Å². The van der Waals surface area contributed by atoms with Crippen LogP contribution in [-0.2, 0) is 0 Å². The van der Waals surface area contributed by atoms with E-state index < -0.39 is 7.69 Å². The van der Waals surface area contributed by atoms with E-state index in [1.165, 1.54) is 23.6 Å². The molecule has 0 spiro atoms. The van der Waals surface area contributed by atoms with Crippen molar-refractivity contribution in [1.29, 1.82) is 0 Å². The molecule has 82 valence electrons. The molecule has 3 rings (SSSR count). The third-order valence-electron chi connectivity index (χ3n) is 2.84. The molecule has 0 amide bonds. The molecule has 1 aliphatic rings. The minimum absolute atomic E-state index is 0.750. The fourth-order valence-corrected chi connectivity index (χ4v) is 2.00. The fourth-order valence-electron chi connectivity index (χ4n) is 2.00. The summed E-state index contributed by atoms with van der Waals surface area (Å²) in [6.45, 7) is 0. The topological polar surface area (TPSA) is 40.5 Å². The molecule has 0 aromatic heterocycles. The molecule has 0 bridgehead atoms. The minimum Gasteiger partial charge on any atom is -0.430 e. The van der Waals surface area contributed by atoms with Crippen LogP contribution in [0.2, 0.25) is 0 Å². The van der Waals surface area contributed by atoms with Crippen LogP contribution in [0.5, 0.6) is 0 Å². The third kappa shape index (κ3) is 2.43. The molecule has 2 aromatic carbocycles. The van der Waals surface area contributed by atoms with Crippen molar-refractivity contribution >= 4 is 18.5 Å². The summed E-state index contributed by atoms with van der Waals surface area (Å²) in [6, 6.07) is 15.3. The maximum absolute atomic E-state index is 7.12. The van der Waals surface area contributed by atoms with Gasteiger partial charge < -0.3 is 10.0 Å². The van der Waals surface area contributed by atoms with E-state index in [0.29, 0.717) is 0 Å². The highest BCUT2D eigenvalue weighted by Crippen LogP contribution is 2.42. The fraction of sp³-hybridized carbons (Fsp3) is 0.231. The van der Waals surface area contributed by atoms with E-state index in [1.54, 1.807) is 5.56 Å². The van der Waals surface area contributed by atoms with E-state index in [1.807, 2.05) is 0 Å². The van der Waals surface area contributed by atoms with Crippen molar-refractivity contribution < 1.29 is 10.0 Å². The van der Waals surface area contributed by atoms with Gasteiger partial charge in [0.05, 0.1) is 0 Å². The first-order chi connectivity index (χ1) is 7.86. The Morgan fingerprint density at radius 1 is 0.938 bits per heavy atom. The smallest absolute Gasteiger partial charge is 0.430 e. The first kappa shape index (κ1) is 11.2. The lowest BCUT2D eigenvalue weighted by Crippen LogP contribution is -1.81. The maximum atomic E-state index is 7.12. The van der Waals surface area contributed by atoms with Gasteiger partial charge in [0.1, 0.15) is 0 Å². The van der Waals surface area contributed by atoms with Gasteiger partial charge in [-0.15, -0.1) is 0 Å². The Bertz CT molecular complexity index is 461. The Balaban J connectivity index is 0.000000292. The molecule has 0 atom stereocenters. The Hall–Kier alpha value is -1.32. The molecule has 1 saturated carbocycles. The molecule has 0 saturated heterocycles. The standard InChI is InChI=1S/C13H12.BH3O2/c1-2-6-12-10(4-1)5-3-7-13(12)11-8-9-11;2-1-3/h1-7,11H,8-9H2;1-3H. The molecular formula is C13H15BO2. The van der Waals surface area contributed by atoms with Crippen molar-refractivity contribution in [3.05, 3.63) is 48.0 Å². The lowest BCUT2D eigenvalue weighted by molar-refractivity contribution is 0.448. The molecule has 2 aromatic rings. The van der Waals surface area contributed by atoms with E-state index in [-0.39, 0.29) is 0 Å². The van der Waals surface area contributed by atoms with Gasteiger partial charge in [0.2, 0.25) is 0 Å². The molecule has 3 heteroatoms. The molecule has 1 aliphatic carbocycles. The number of rotatable bonds is 1. The number of fused-ring (bicyclic) bond motifs is 1. The Kier molecular flexibility index (Phi) is 3.60. The van der Waals surface area contributed by atoms with Crippen LogP contribution in [0.15, 0.2) is 42.5 Å². The van der Waals surface area contributed by atoms with E-state index in [2.05, 4.69) is 42.5 Å². The van der Waals surface area contributed by atoms with Crippen molar-refractivity contribution in [3.63, 3.8) is 0 Å². The van der Waals surface area contributed by atoms with Gasteiger partial charge in [0.25, 0.3) is 0 Å². The summed E-state index contributed by atoms with van der Waals surface area (Å²) in [5.41, 5.74) is 1.55. The van der Waals surface area contributed by atoms with Gasteiger partial charge in [0, 0.05) is 0 Å². The highest BCUT2D eigenvalue weighted by atomic mass is 16.4. The first-order valence-corrected chi connectivity index (χ1v) is 5.56. The maximum Gasteiger partial charge on any atom is 0.432 e. The zero-order chi connectivity index (χ0) is 11.4. The molecule has 0 radical (unpaired) electrons. The third-order valence-corrected chi connectivity index (χ3v) is 2.84. The highest BCUT2D eigenvalue weighted by molar-refractivity contribution is 6.13. The van der Waals surface area contributed by atoms with Gasteiger partial charge in [0.15, 0.2) is 0 Å². The van der Waals surface area contributed by atoms with Crippen molar-refractivity contribution in [2.75, 3.05) is 0 Å². The Morgan fingerprint density at radius 2 is 1.56 bits per heavy atom. The second-order valence-corrected chi connectivity index (χ2v) is 3.98. The molecule has 1 fully saturated rings. The van der Waals surface area contributed by atoms with Crippen LogP contribution in [0, 0.1) is 0 Å². The molecule has 2 nitrogen and oxygen atoms in total. The largest absolute Gasteiger partial charge is 0.432 e. The average Bonchev–Trinajstić information content (AvgIpc) is 3.13. The number of benzene rings is 2. The van der Waals surface area contributed by atoms with E-state index in [0.717, 1.165) is 5.92 Å². The zero-order valence-corrected chi connectivity index (χ0v) is 9.13. The van der Waals surface area contributed by atoms with Crippen LogP contribution in [0.4, 0.5) is 0 Å². The lowest BCUT2D eigenvalue weighted by atomic mass is 10.0. The van der Waals surface area contributed by atoms with Gasteiger partial charge in [-0.3, -0.25) is 0 Å². The zero-order valence-electron chi connectivity index (χ0n) is 9.13. The Labute approximate surface area is 95.9 Å². The van der Waals surface area contributed by atoms with Crippen molar-refractivity contribution in [3.8, 4) is 0 Å². The summed E-state index contributed by atoms with van der Waals surface area (Å²) < 4.78 is 0. The minimum atomic E-state index is -0.750. The molecule has 16 heavy (non-hydrogen) atoms. The second kappa shape index (κ2) is 5.15. The molecule has 0 heterocycles. The predicted molar refractivity (Wildman–Crippen MR) is 67.5 cm³/mol. The first-order valence-electron chi connectivity index (χ1n) is 5.56. The summed E-state index contributed by atoms with van der Waals surface area (Å²) in [5.74, 6) is 0.853. The van der Waals surface area contributed by atoms with E-state index >= 15 is 0 Å². The summed E-state index contributed by atoms with van der Waals surface area (Å²) in [6.07, 6.45) is 2.77. The molecular weight excluding hydrogens is 199 g/mol. The average molecular weight is 214 g/mol. The highest BCUT2D eigenvalue weighted by Gasteiger charge is 2.24. The molecule has 0 unspecified atom stereocenters. The van der Waals surface area contributed by atoms with Crippen LogP contribution in [0.25, 0.3) is 10.8 Å².